The second-order valence-electron chi connectivity index (χ2n) is 5.55. The number of anilines is 1. The smallest absolute Gasteiger partial charge is 1.00 e. The van der Waals surface area contributed by atoms with Gasteiger partial charge in [0.1, 0.15) is 0 Å². The molecule has 118 valence electrons. The van der Waals surface area contributed by atoms with E-state index in [0.29, 0.717) is 0 Å². The van der Waals surface area contributed by atoms with E-state index in [4.69, 9.17) is 0 Å². The monoisotopic (exact) mass is 389 g/mol. The molecule has 0 N–H and O–H groups in total. The van der Waals surface area contributed by atoms with Crippen LogP contribution in [0.3, 0.4) is 0 Å². The normalized spacial score (nSPS) is 9.54. The molecule has 3 aromatic rings. The average Bonchev–Trinajstić information content (AvgIpc) is 2.56. The third-order valence-electron chi connectivity index (χ3n) is 3.70. The van der Waals surface area contributed by atoms with Gasteiger partial charge in [-0.2, -0.15) is 23.8 Å². The zero-order chi connectivity index (χ0) is 15.2. The third kappa shape index (κ3) is 5.97. The second kappa shape index (κ2) is 10.5. The van der Waals surface area contributed by atoms with Gasteiger partial charge in [-0.1, -0.05) is 73.3 Å². The van der Waals surface area contributed by atoms with E-state index in [1.807, 2.05) is 0 Å². The Hall–Kier alpha value is -1.29. The van der Waals surface area contributed by atoms with Crippen molar-refractivity contribution in [2.24, 2.45) is 0 Å². The molecule has 24 heavy (non-hydrogen) atoms. The molecule has 0 aliphatic heterocycles. The number of hydrogen-bond acceptors (Lipinski definition) is 1. The Morgan fingerprint density at radius 3 is 1.67 bits per heavy atom. The molecule has 0 saturated carbocycles. The Morgan fingerprint density at radius 2 is 1.21 bits per heavy atom. The van der Waals surface area contributed by atoms with Crippen molar-refractivity contribution in [3.63, 3.8) is 0 Å². The quantitative estimate of drug-likeness (QED) is 0.473. The predicted molar refractivity (Wildman–Crippen MR) is 98.5 cm³/mol. The third-order valence-corrected chi connectivity index (χ3v) is 3.70. The molecule has 0 radical (unpaired) electrons. The van der Waals surface area contributed by atoms with Crippen LogP contribution >= 0.6 is 0 Å². The summed E-state index contributed by atoms with van der Waals surface area (Å²) >= 11 is 0. The Labute approximate surface area is 171 Å². The van der Waals surface area contributed by atoms with Crippen molar-refractivity contribution in [3.8, 4) is 0 Å². The number of nitrogens with zero attached hydrogens (tertiary/aromatic N) is 1. The number of aryl methyl sites for hydroxylation is 1. The number of benzene rings is 3. The maximum Gasteiger partial charge on any atom is 2.00 e. The zero-order valence-electron chi connectivity index (χ0n) is 14.0. The van der Waals surface area contributed by atoms with Gasteiger partial charge in [0.05, 0.1) is 0 Å². The molecule has 0 fully saturated rings. The summed E-state index contributed by atoms with van der Waals surface area (Å²) in [5.41, 5.74) is 4.94. The zero-order valence-corrected chi connectivity index (χ0v) is 17.0. The first-order valence-electron chi connectivity index (χ1n) is 7.63. The topological polar surface area (TPSA) is 3.24 Å². The molecule has 0 bridgehead atoms. The van der Waals surface area contributed by atoms with Crippen molar-refractivity contribution in [1.29, 1.82) is 0 Å². The summed E-state index contributed by atoms with van der Waals surface area (Å²) in [5.74, 6) is 0. The summed E-state index contributed by atoms with van der Waals surface area (Å²) in [7, 11) is 0. The van der Waals surface area contributed by atoms with E-state index >= 15 is 0 Å². The molecule has 0 aromatic heterocycles. The van der Waals surface area contributed by atoms with Crippen LogP contribution in [-0.2, 0) is 13.1 Å². The van der Waals surface area contributed by atoms with Crippen molar-refractivity contribution >= 4 is 28.7 Å². The van der Waals surface area contributed by atoms with Crippen molar-refractivity contribution in [2.45, 2.75) is 20.0 Å². The Morgan fingerprint density at radius 1 is 0.708 bits per heavy atom. The molecule has 3 heteroatoms. The molecule has 0 saturated heterocycles. The molecule has 3 rings (SSSR count). The molecule has 0 spiro atoms. The van der Waals surface area contributed by atoms with Crippen molar-refractivity contribution in [3.05, 3.63) is 102 Å². The number of halogens is 1. The van der Waals surface area contributed by atoms with Crippen LogP contribution in [0.2, 0.25) is 0 Å². The first-order valence-corrected chi connectivity index (χ1v) is 7.63. The maximum atomic E-state index is 3.47. The van der Waals surface area contributed by atoms with Gasteiger partial charge < -0.3 is 21.9 Å². The van der Waals surface area contributed by atoms with Gasteiger partial charge in [0.15, 0.2) is 0 Å². The second-order valence-corrected chi connectivity index (χ2v) is 5.55. The molecule has 0 heterocycles. The number of rotatable bonds is 5. The van der Waals surface area contributed by atoms with E-state index < -0.39 is 0 Å². The van der Waals surface area contributed by atoms with E-state index in [2.05, 4.69) is 96.8 Å². The van der Waals surface area contributed by atoms with Crippen LogP contribution in [0.15, 0.2) is 78.9 Å². The SMILES string of the molecule is Cc1[c-]c(N(Cc2ccccc2)Cc2ccccc2)ccc1.[Br-].[Mg+2]. The van der Waals surface area contributed by atoms with Gasteiger partial charge in [-0.3, -0.25) is 0 Å². The fraction of sp³-hybridized carbons (Fsp3) is 0.143. The fourth-order valence-electron chi connectivity index (χ4n) is 2.59. The summed E-state index contributed by atoms with van der Waals surface area (Å²) in [6.45, 7) is 3.86. The summed E-state index contributed by atoms with van der Waals surface area (Å²) < 4.78 is 0. The predicted octanol–water partition coefficient (Wildman–Crippen LogP) is 1.63. The molecule has 3 aromatic carbocycles. The van der Waals surface area contributed by atoms with Gasteiger partial charge in [0.25, 0.3) is 0 Å². The van der Waals surface area contributed by atoms with Crippen LogP contribution < -0.4 is 21.9 Å². The number of hydrogen-bond donors (Lipinski definition) is 0. The van der Waals surface area contributed by atoms with Gasteiger partial charge >= 0.3 is 23.1 Å². The van der Waals surface area contributed by atoms with Gasteiger partial charge in [-0.05, 0) is 11.1 Å². The first-order chi connectivity index (χ1) is 10.8. The summed E-state index contributed by atoms with van der Waals surface area (Å²) in [6.07, 6.45) is 0. The van der Waals surface area contributed by atoms with E-state index in [-0.39, 0.29) is 40.0 Å². The van der Waals surface area contributed by atoms with Crippen LogP contribution in [0.4, 0.5) is 5.69 Å². The van der Waals surface area contributed by atoms with E-state index in [9.17, 15) is 0 Å². The van der Waals surface area contributed by atoms with Crippen LogP contribution in [0, 0.1) is 13.0 Å². The van der Waals surface area contributed by atoms with Gasteiger partial charge in [-0.25, -0.2) is 0 Å². The summed E-state index contributed by atoms with van der Waals surface area (Å²) in [6, 6.07) is 31.0. The van der Waals surface area contributed by atoms with Crippen molar-refractivity contribution in [2.75, 3.05) is 4.90 Å². The molecular formula is C21H20BrMgN. The molecule has 0 amide bonds. The van der Waals surface area contributed by atoms with Crippen LogP contribution in [0.5, 0.6) is 0 Å². The van der Waals surface area contributed by atoms with Crippen LogP contribution in [0.1, 0.15) is 16.7 Å². The van der Waals surface area contributed by atoms with Crippen molar-refractivity contribution in [1.82, 2.24) is 0 Å². The van der Waals surface area contributed by atoms with E-state index in [1.54, 1.807) is 0 Å². The van der Waals surface area contributed by atoms with Gasteiger partial charge in [0.2, 0.25) is 0 Å². The minimum atomic E-state index is 0. The van der Waals surface area contributed by atoms with E-state index in [0.717, 1.165) is 18.8 Å². The summed E-state index contributed by atoms with van der Waals surface area (Å²) in [5, 5.41) is 0. The average molecular weight is 391 g/mol. The minimum Gasteiger partial charge on any atom is -1.00 e. The Balaban J connectivity index is 0.00000144. The van der Waals surface area contributed by atoms with E-state index in [1.165, 1.54) is 16.7 Å². The minimum absolute atomic E-state index is 0. The molecule has 0 unspecified atom stereocenters. The molecule has 1 nitrogen and oxygen atoms in total. The van der Waals surface area contributed by atoms with Crippen molar-refractivity contribution < 1.29 is 17.0 Å². The first kappa shape index (κ1) is 20.8. The van der Waals surface area contributed by atoms with Crippen LogP contribution in [0.25, 0.3) is 0 Å². The molecular weight excluding hydrogens is 370 g/mol. The van der Waals surface area contributed by atoms with Gasteiger partial charge in [0, 0.05) is 13.1 Å². The maximum absolute atomic E-state index is 3.47. The van der Waals surface area contributed by atoms with Gasteiger partial charge in [-0.15, -0.1) is 6.07 Å². The largest absolute Gasteiger partial charge is 2.00 e. The molecule has 0 aliphatic carbocycles. The Kier molecular flexibility index (Phi) is 9.12. The standard InChI is InChI=1S/C21H20N.BrH.Mg/c1-18-9-8-14-21(15-18)22(16-19-10-4-2-5-11-19)17-20-12-6-3-7-13-20;;/h2-14H,16-17H2,1H3;1H;/q-1;;+2/p-1. The Bertz CT molecular complexity index is 675. The molecule has 0 aliphatic rings. The molecule has 0 atom stereocenters. The fourth-order valence-corrected chi connectivity index (χ4v) is 2.59. The summed E-state index contributed by atoms with van der Waals surface area (Å²) in [4.78, 5) is 2.37. The van der Waals surface area contributed by atoms with Crippen LogP contribution in [-0.4, -0.2) is 23.1 Å².